The van der Waals surface area contributed by atoms with Crippen molar-refractivity contribution in [2.75, 3.05) is 4.90 Å². The van der Waals surface area contributed by atoms with E-state index in [2.05, 4.69) is 77.7 Å². The van der Waals surface area contributed by atoms with E-state index in [0.29, 0.717) is 0 Å². The summed E-state index contributed by atoms with van der Waals surface area (Å²) in [5, 5.41) is 25.9. The molecule has 0 saturated carbocycles. The highest BCUT2D eigenvalue weighted by molar-refractivity contribution is 6.03. The van der Waals surface area contributed by atoms with Gasteiger partial charge in [0.05, 0.1) is 16.7 Å². The molecule has 0 spiro atoms. The van der Waals surface area contributed by atoms with E-state index in [1.807, 2.05) is 18.2 Å². The summed E-state index contributed by atoms with van der Waals surface area (Å²) in [6, 6.07) is 34.1. The average Bonchev–Trinajstić information content (AvgIpc) is 2.86. The van der Waals surface area contributed by atoms with Gasteiger partial charge in [0.1, 0.15) is 0 Å². The van der Waals surface area contributed by atoms with E-state index >= 15 is 0 Å². The summed E-state index contributed by atoms with van der Waals surface area (Å²) < 4.78 is 0. The van der Waals surface area contributed by atoms with E-state index in [-0.39, 0.29) is 5.56 Å². The van der Waals surface area contributed by atoms with Crippen LogP contribution in [0.25, 0.3) is 0 Å². The Labute approximate surface area is 195 Å². The second-order valence-corrected chi connectivity index (χ2v) is 7.02. The van der Waals surface area contributed by atoms with Crippen LogP contribution in [0, 0.1) is 0 Å². The topological polar surface area (TPSA) is 115 Å². The molecular weight excluding hydrogens is 434 g/mol. The minimum Gasteiger partial charge on any atom is -0.478 e. The van der Waals surface area contributed by atoms with Crippen LogP contribution in [-0.4, -0.2) is 33.2 Å². The molecule has 4 aromatic rings. The quantitative estimate of drug-likeness (QED) is 0.330. The lowest BCUT2D eigenvalue weighted by molar-refractivity contribution is 0.0649. The lowest BCUT2D eigenvalue weighted by Gasteiger charge is -2.25. The molecule has 0 aliphatic heterocycles. The van der Waals surface area contributed by atoms with Crippen LogP contribution in [-0.2, 0) is 0 Å². The number of para-hydroxylation sites is 3. The standard InChI is InChI=1S/C18H15N.C9H6O6/c1-4-10-16(11-5-1)19(17-12-6-2-7-13-17)18-14-8-3-9-15-18;10-7(11)4-1-2-5(8(12)13)6(3-4)9(14)15/h1-15H;1-3H,(H,10,11)(H,12,13)(H,14,15). The van der Waals surface area contributed by atoms with Gasteiger partial charge in [0.25, 0.3) is 0 Å². The fraction of sp³-hybridized carbons (Fsp3) is 0. The predicted octanol–water partition coefficient (Wildman–Crippen LogP) is 5.94. The van der Waals surface area contributed by atoms with Gasteiger partial charge in [0.15, 0.2) is 0 Å². The van der Waals surface area contributed by atoms with Crippen molar-refractivity contribution in [1.29, 1.82) is 0 Å². The van der Waals surface area contributed by atoms with E-state index in [1.165, 1.54) is 17.1 Å². The van der Waals surface area contributed by atoms with Gasteiger partial charge in [0.2, 0.25) is 0 Å². The summed E-state index contributed by atoms with van der Waals surface area (Å²) >= 11 is 0. The monoisotopic (exact) mass is 455 g/mol. The third-order valence-corrected chi connectivity index (χ3v) is 4.77. The van der Waals surface area contributed by atoms with Gasteiger partial charge in [-0.3, -0.25) is 0 Å². The normalized spacial score (nSPS) is 9.88. The summed E-state index contributed by atoms with van der Waals surface area (Å²) in [5.74, 6) is -4.20. The number of carboxylic acids is 3. The Morgan fingerprint density at radius 2 is 0.853 bits per heavy atom. The Morgan fingerprint density at radius 1 is 0.471 bits per heavy atom. The molecule has 7 heteroatoms. The molecule has 0 fully saturated rings. The molecule has 0 amide bonds. The van der Waals surface area contributed by atoms with Crippen LogP contribution in [0.15, 0.2) is 109 Å². The third kappa shape index (κ3) is 5.86. The zero-order chi connectivity index (χ0) is 24.5. The molecular formula is C27H21NO6. The van der Waals surface area contributed by atoms with Gasteiger partial charge in [-0.2, -0.15) is 0 Å². The number of hydrogen-bond donors (Lipinski definition) is 3. The highest BCUT2D eigenvalue weighted by Gasteiger charge is 2.18. The molecule has 0 atom stereocenters. The average molecular weight is 455 g/mol. The lowest BCUT2D eigenvalue weighted by Crippen LogP contribution is -2.10. The predicted molar refractivity (Wildman–Crippen MR) is 128 cm³/mol. The summed E-state index contributed by atoms with van der Waals surface area (Å²) in [6.45, 7) is 0. The van der Waals surface area contributed by atoms with Crippen LogP contribution in [0.4, 0.5) is 17.1 Å². The van der Waals surface area contributed by atoms with Gasteiger partial charge >= 0.3 is 17.9 Å². The minimum atomic E-state index is -1.48. The molecule has 170 valence electrons. The number of anilines is 3. The van der Waals surface area contributed by atoms with Crippen LogP contribution in [0.2, 0.25) is 0 Å². The molecule has 4 aromatic carbocycles. The molecule has 4 rings (SSSR count). The van der Waals surface area contributed by atoms with E-state index in [4.69, 9.17) is 15.3 Å². The molecule has 0 aromatic heterocycles. The molecule has 7 nitrogen and oxygen atoms in total. The number of aromatic carboxylic acids is 3. The van der Waals surface area contributed by atoms with E-state index in [1.54, 1.807) is 0 Å². The van der Waals surface area contributed by atoms with E-state index < -0.39 is 29.0 Å². The molecule has 0 heterocycles. The summed E-state index contributed by atoms with van der Waals surface area (Å²) in [7, 11) is 0. The Kier molecular flexibility index (Phi) is 7.75. The summed E-state index contributed by atoms with van der Waals surface area (Å²) in [6.07, 6.45) is 0. The Balaban J connectivity index is 0.000000197. The second kappa shape index (κ2) is 11.1. The maximum atomic E-state index is 10.6. The zero-order valence-corrected chi connectivity index (χ0v) is 17.9. The first-order chi connectivity index (χ1) is 16.4. The fourth-order valence-electron chi connectivity index (χ4n) is 3.22. The van der Waals surface area contributed by atoms with Gasteiger partial charge < -0.3 is 20.2 Å². The number of rotatable bonds is 6. The van der Waals surface area contributed by atoms with Crippen molar-refractivity contribution in [1.82, 2.24) is 0 Å². The smallest absolute Gasteiger partial charge is 0.336 e. The van der Waals surface area contributed by atoms with E-state index in [0.717, 1.165) is 18.2 Å². The number of hydrogen-bond acceptors (Lipinski definition) is 4. The van der Waals surface area contributed by atoms with Crippen molar-refractivity contribution in [3.8, 4) is 0 Å². The molecule has 0 saturated heterocycles. The van der Waals surface area contributed by atoms with Crippen molar-refractivity contribution in [2.45, 2.75) is 0 Å². The minimum absolute atomic E-state index is 0.266. The molecule has 0 unspecified atom stereocenters. The summed E-state index contributed by atoms with van der Waals surface area (Å²) in [5.41, 5.74) is 2.26. The molecule has 0 aliphatic carbocycles. The Morgan fingerprint density at radius 3 is 1.18 bits per heavy atom. The molecule has 3 N–H and O–H groups in total. The third-order valence-electron chi connectivity index (χ3n) is 4.77. The van der Waals surface area contributed by atoms with Gasteiger partial charge in [0, 0.05) is 17.1 Å². The number of benzene rings is 4. The fourth-order valence-corrected chi connectivity index (χ4v) is 3.22. The number of carboxylic acid groups (broad SMARTS) is 3. The SMILES string of the molecule is O=C(O)c1ccc(C(=O)O)c(C(=O)O)c1.c1ccc(N(c2ccccc2)c2ccccc2)cc1. The highest BCUT2D eigenvalue weighted by atomic mass is 16.4. The Hall–Kier alpha value is -4.91. The second-order valence-electron chi connectivity index (χ2n) is 7.02. The van der Waals surface area contributed by atoms with Crippen molar-refractivity contribution in [3.63, 3.8) is 0 Å². The Bertz CT molecular complexity index is 1180. The van der Waals surface area contributed by atoms with Crippen LogP contribution >= 0.6 is 0 Å². The van der Waals surface area contributed by atoms with Crippen molar-refractivity contribution >= 4 is 35.0 Å². The summed E-state index contributed by atoms with van der Waals surface area (Å²) in [4.78, 5) is 34.0. The van der Waals surface area contributed by atoms with Crippen molar-refractivity contribution in [2.24, 2.45) is 0 Å². The first-order valence-corrected chi connectivity index (χ1v) is 10.2. The van der Waals surface area contributed by atoms with Gasteiger partial charge in [-0.15, -0.1) is 0 Å². The maximum Gasteiger partial charge on any atom is 0.336 e. The van der Waals surface area contributed by atoms with Gasteiger partial charge in [-0.1, -0.05) is 54.6 Å². The van der Waals surface area contributed by atoms with Crippen LogP contribution in [0.1, 0.15) is 31.1 Å². The van der Waals surface area contributed by atoms with Crippen LogP contribution in [0.3, 0.4) is 0 Å². The molecule has 0 aliphatic rings. The van der Waals surface area contributed by atoms with Crippen molar-refractivity contribution in [3.05, 3.63) is 126 Å². The maximum absolute atomic E-state index is 10.6. The zero-order valence-electron chi connectivity index (χ0n) is 17.9. The lowest BCUT2D eigenvalue weighted by atomic mass is 10.0. The van der Waals surface area contributed by atoms with E-state index in [9.17, 15) is 14.4 Å². The van der Waals surface area contributed by atoms with Gasteiger partial charge in [-0.05, 0) is 54.6 Å². The first kappa shape index (κ1) is 23.7. The molecule has 34 heavy (non-hydrogen) atoms. The largest absolute Gasteiger partial charge is 0.478 e. The molecule has 0 bridgehead atoms. The number of carbonyl (C=O) groups is 3. The van der Waals surface area contributed by atoms with Crippen LogP contribution < -0.4 is 4.90 Å². The van der Waals surface area contributed by atoms with Gasteiger partial charge in [-0.25, -0.2) is 14.4 Å². The highest BCUT2D eigenvalue weighted by Crippen LogP contribution is 2.33. The van der Waals surface area contributed by atoms with Crippen molar-refractivity contribution < 1.29 is 29.7 Å². The van der Waals surface area contributed by atoms with Crippen LogP contribution in [0.5, 0.6) is 0 Å². The molecule has 0 radical (unpaired) electrons. The first-order valence-electron chi connectivity index (χ1n) is 10.2. The number of nitrogens with zero attached hydrogens (tertiary/aromatic N) is 1.